The maximum absolute atomic E-state index is 10.5. The van der Waals surface area contributed by atoms with E-state index in [0.717, 1.165) is 11.3 Å². The highest BCUT2D eigenvalue weighted by Gasteiger charge is 2.13. The molecule has 18 heavy (non-hydrogen) atoms. The van der Waals surface area contributed by atoms with Crippen LogP contribution in [-0.2, 0) is 5.41 Å². The number of rotatable bonds is 2. The van der Waals surface area contributed by atoms with Crippen LogP contribution in [0.3, 0.4) is 0 Å². The fourth-order valence-electron chi connectivity index (χ4n) is 1.71. The summed E-state index contributed by atoms with van der Waals surface area (Å²) >= 11 is 0. The van der Waals surface area contributed by atoms with Crippen molar-refractivity contribution in [2.75, 3.05) is 0 Å². The van der Waals surface area contributed by atoms with Crippen LogP contribution in [0.4, 0.5) is 0 Å². The quantitative estimate of drug-likeness (QED) is 0.717. The Morgan fingerprint density at radius 1 is 1.00 bits per heavy atom. The van der Waals surface area contributed by atoms with Gasteiger partial charge in [-0.3, -0.25) is 4.79 Å². The van der Waals surface area contributed by atoms with Crippen LogP contribution in [0.1, 0.15) is 44.3 Å². The molecule has 0 saturated heterocycles. The molecule has 0 amide bonds. The zero-order valence-electron chi connectivity index (χ0n) is 10.4. The summed E-state index contributed by atoms with van der Waals surface area (Å²) in [6, 6.07) is 11.7. The molecule has 0 bridgehead atoms. The molecular formula is C16H20O2. The van der Waals surface area contributed by atoms with Crippen LogP contribution in [0, 0.1) is 0 Å². The molecule has 96 valence electrons. The smallest absolute Gasteiger partial charge is 0.185 e. The van der Waals surface area contributed by atoms with Gasteiger partial charge < -0.3 is 4.42 Å². The minimum absolute atomic E-state index is 0. The summed E-state index contributed by atoms with van der Waals surface area (Å²) in [5, 5.41) is 0. The van der Waals surface area contributed by atoms with E-state index in [9.17, 15) is 4.79 Å². The molecule has 0 aliphatic carbocycles. The molecule has 1 aromatic carbocycles. The molecule has 0 unspecified atom stereocenters. The molecule has 0 saturated carbocycles. The molecule has 0 radical (unpaired) electrons. The predicted octanol–water partition coefficient (Wildman–Crippen LogP) is 4.69. The number of hydrogen-bond acceptors (Lipinski definition) is 2. The van der Waals surface area contributed by atoms with Gasteiger partial charge in [-0.25, -0.2) is 0 Å². The van der Waals surface area contributed by atoms with Crippen molar-refractivity contribution in [2.24, 2.45) is 0 Å². The number of furan rings is 1. The molecule has 0 aliphatic rings. The first kappa shape index (κ1) is 14.2. The van der Waals surface area contributed by atoms with Gasteiger partial charge in [0.2, 0.25) is 0 Å². The van der Waals surface area contributed by atoms with Crippen molar-refractivity contribution in [3.8, 4) is 11.3 Å². The topological polar surface area (TPSA) is 30.2 Å². The van der Waals surface area contributed by atoms with Gasteiger partial charge in [-0.05, 0) is 23.1 Å². The summed E-state index contributed by atoms with van der Waals surface area (Å²) in [6.45, 7) is 6.54. The van der Waals surface area contributed by atoms with Gasteiger partial charge in [-0.15, -0.1) is 0 Å². The third-order valence-corrected chi connectivity index (χ3v) is 2.78. The van der Waals surface area contributed by atoms with Crippen LogP contribution >= 0.6 is 0 Å². The second-order valence-electron chi connectivity index (χ2n) is 5.15. The Morgan fingerprint density at radius 2 is 1.61 bits per heavy atom. The lowest BCUT2D eigenvalue weighted by atomic mass is 9.86. The summed E-state index contributed by atoms with van der Waals surface area (Å²) < 4.78 is 5.38. The second-order valence-corrected chi connectivity index (χ2v) is 5.15. The summed E-state index contributed by atoms with van der Waals surface area (Å²) in [7, 11) is 0. The average molecular weight is 244 g/mol. The highest BCUT2D eigenvalue weighted by molar-refractivity contribution is 5.72. The molecule has 2 nitrogen and oxygen atoms in total. The summed E-state index contributed by atoms with van der Waals surface area (Å²) in [5.41, 5.74) is 2.42. The molecule has 2 rings (SSSR count). The van der Waals surface area contributed by atoms with E-state index in [1.807, 2.05) is 18.2 Å². The van der Waals surface area contributed by atoms with Gasteiger partial charge in [0.05, 0.1) is 0 Å². The Kier molecular flexibility index (Phi) is 4.12. The lowest BCUT2D eigenvalue weighted by molar-refractivity contribution is 0.110. The predicted molar refractivity (Wildman–Crippen MR) is 75.0 cm³/mol. The molecule has 0 atom stereocenters. The Hall–Kier alpha value is -1.83. The molecular weight excluding hydrogens is 224 g/mol. The van der Waals surface area contributed by atoms with Gasteiger partial charge in [0, 0.05) is 5.56 Å². The van der Waals surface area contributed by atoms with Gasteiger partial charge in [0.15, 0.2) is 12.0 Å². The Bertz CT molecular complexity index is 513. The van der Waals surface area contributed by atoms with Crippen molar-refractivity contribution in [2.45, 2.75) is 33.6 Å². The zero-order valence-corrected chi connectivity index (χ0v) is 10.4. The monoisotopic (exact) mass is 244 g/mol. The van der Waals surface area contributed by atoms with E-state index in [4.69, 9.17) is 4.42 Å². The van der Waals surface area contributed by atoms with Gasteiger partial charge in [-0.2, -0.15) is 0 Å². The molecule has 2 heteroatoms. The van der Waals surface area contributed by atoms with E-state index in [2.05, 4.69) is 32.9 Å². The van der Waals surface area contributed by atoms with Crippen LogP contribution in [0.2, 0.25) is 0 Å². The maximum atomic E-state index is 10.5. The van der Waals surface area contributed by atoms with Gasteiger partial charge in [0.25, 0.3) is 0 Å². The highest BCUT2D eigenvalue weighted by Crippen LogP contribution is 2.26. The Morgan fingerprint density at radius 3 is 2.06 bits per heavy atom. The number of carbonyl (C=O) groups excluding carboxylic acids is 1. The van der Waals surface area contributed by atoms with Crippen LogP contribution in [0.25, 0.3) is 11.3 Å². The second kappa shape index (κ2) is 5.21. The number of aldehydes is 1. The average Bonchev–Trinajstić information content (AvgIpc) is 2.76. The lowest BCUT2D eigenvalue weighted by Gasteiger charge is -2.18. The van der Waals surface area contributed by atoms with Crippen molar-refractivity contribution in [3.05, 3.63) is 47.7 Å². The summed E-state index contributed by atoms with van der Waals surface area (Å²) in [6.07, 6.45) is 0.715. The molecule has 0 spiro atoms. The van der Waals surface area contributed by atoms with E-state index < -0.39 is 0 Å². The number of benzene rings is 1. The Balaban J connectivity index is 0.00000162. The largest absolute Gasteiger partial charge is 0.453 e. The fraction of sp³-hybridized carbons (Fsp3) is 0.312. The maximum Gasteiger partial charge on any atom is 0.185 e. The van der Waals surface area contributed by atoms with Gasteiger partial charge in [-0.1, -0.05) is 52.5 Å². The summed E-state index contributed by atoms with van der Waals surface area (Å²) in [5.74, 6) is 1.09. The van der Waals surface area contributed by atoms with Crippen molar-refractivity contribution in [1.82, 2.24) is 0 Å². The molecule has 1 heterocycles. The van der Waals surface area contributed by atoms with Crippen molar-refractivity contribution >= 4 is 6.29 Å². The zero-order chi connectivity index (χ0) is 12.5. The number of carbonyl (C=O) groups is 1. The first-order valence-electron chi connectivity index (χ1n) is 5.66. The molecule has 0 N–H and O–H groups in total. The van der Waals surface area contributed by atoms with E-state index in [-0.39, 0.29) is 12.8 Å². The van der Waals surface area contributed by atoms with Crippen molar-refractivity contribution in [1.29, 1.82) is 0 Å². The van der Waals surface area contributed by atoms with Gasteiger partial charge in [0.1, 0.15) is 5.76 Å². The molecule has 0 fully saturated rings. The molecule has 2 aromatic rings. The normalized spacial score (nSPS) is 10.8. The standard InChI is InChI=1S/C15H16O2.CH4/c1-15(2,3)12-6-4-11(5-7-12)14-9-8-13(10-16)17-14;/h4-10H,1-3H3;1H4. The van der Waals surface area contributed by atoms with E-state index in [0.29, 0.717) is 12.0 Å². The van der Waals surface area contributed by atoms with Crippen LogP contribution < -0.4 is 0 Å². The highest BCUT2D eigenvalue weighted by atomic mass is 16.3. The SMILES string of the molecule is C.CC(C)(C)c1ccc(-c2ccc(C=O)o2)cc1. The van der Waals surface area contributed by atoms with E-state index in [1.54, 1.807) is 6.07 Å². The summed E-state index contributed by atoms with van der Waals surface area (Å²) in [4.78, 5) is 10.5. The van der Waals surface area contributed by atoms with E-state index >= 15 is 0 Å². The minimum Gasteiger partial charge on any atom is -0.453 e. The number of hydrogen-bond donors (Lipinski definition) is 0. The third-order valence-electron chi connectivity index (χ3n) is 2.78. The van der Waals surface area contributed by atoms with Crippen LogP contribution in [0.5, 0.6) is 0 Å². The van der Waals surface area contributed by atoms with Gasteiger partial charge >= 0.3 is 0 Å². The van der Waals surface area contributed by atoms with Crippen LogP contribution in [-0.4, -0.2) is 6.29 Å². The first-order valence-corrected chi connectivity index (χ1v) is 5.66. The molecule has 1 aromatic heterocycles. The van der Waals surface area contributed by atoms with Crippen LogP contribution in [0.15, 0.2) is 40.8 Å². The van der Waals surface area contributed by atoms with Crippen molar-refractivity contribution < 1.29 is 9.21 Å². The lowest BCUT2D eigenvalue weighted by Crippen LogP contribution is -2.10. The van der Waals surface area contributed by atoms with E-state index in [1.165, 1.54) is 5.56 Å². The molecule has 0 aliphatic heterocycles. The fourth-order valence-corrected chi connectivity index (χ4v) is 1.71. The Labute approximate surface area is 109 Å². The van der Waals surface area contributed by atoms with Crippen molar-refractivity contribution in [3.63, 3.8) is 0 Å². The third kappa shape index (κ3) is 2.89. The first-order chi connectivity index (χ1) is 8.00. The minimum atomic E-state index is 0.